The van der Waals surface area contributed by atoms with E-state index in [9.17, 15) is 22.4 Å². The number of amides is 1. The zero-order valence-corrected chi connectivity index (χ0v) is 21.0. The predicted octanol–water partition coefficient (Wildman–Crippen LogP) is 4.52. The van der Waals surface area contributed by atoms with E-state index in [2.05, 4.69) is 37.8 Å². The average molecular weight is 527 g/mol. The van der Waals surface area contributed by atoms with Crippen molar-refractivity contribution in [1.82, 2.24) is 15.3 Å². The Morgan fingerprint density at radius 3 is 2.45 bits per heavy atom. The van der Waals surface area contributed by atoms with E-state index in [1.54, 1.807) is 14.1 Å². The number of halogens is 4. The minimum Gasteiger partial charge on any atom is -0.366 e. The lowest BCUT2D eigenvalue weighted by Gasteiger charge is -2.38. The van der Waals surface area contributed by atoms with Crippen LogP contribution in [0, 0.1) is 17.7 Å². The van der Waals surface area contributed by atoms with Crippen molar-refractivity contribution < 1.29 is 22.4 Å². The predicted molar refractivity (Wildman–Crippen MR) is 138 cm³/mol. The number of likely N-dealkylation sites (N-methyl/N-ethyl adjacent to an activating group) is 1. The molecular weight excluding hydrogens is 500 g/mol. The molecule has 0 radical (unpaired) electrons. The SMILES string of the molecule is CNc1ncc(C#Cc2ccc(F)c(C(=O)Nc3cc(C(F)(F)F)ccc3N(C)[C@]3(C)CCNC3)c2)cn1. The molecule has 1 saturated heterocycles. The van der Waals surface area contributed by atoms with E-state index in [-0.39, 0.29) is 16.8 Å². The van der Waals surface area contributed by atoms with Crippen molar-refractivity contribution in [3.63, 3.8) is 0 Å². The lowest BCUT2D eigenvalue weighted by atomic mass is 9.98. The Morgan fingerprint density at radius 2 is 1.82 bits per heavy atom. The van der Waals surface area contributed by atoms with Crippen molar-refractivity contribution in [2.75, 3.05) is 42.7 Å². The number of aromatic nitrogens is 2. The van der Waals surface area contributed by atoms with Crippen LogP contribution >= 0.6 is 0 Å². The largest absolute Gasteiger partial charge is 0.416 e. The van der Waals surface area contributed by atoms with Crippen molar-refractivity contribution in [2.45, 2.75) is 25.1 Å². The second-order valence-corrected chi connectivity index (χ2v) is 9.16. The van der Waals surface area contributed by atoms with Crippen LogP contribution in [0.4, 0.5) is 34.9 Å². The molecule has 2 heterocycles. The zero-order valence-electron chi connectivity index (χ0n) is 21.0. The highest BCUT2D eigenvalue weighted by Crippen LogP contribution is 2.38. The maximum atomic E-state index is 14.7. The topological polar surface area (TPSA) is 82.2 Å². The summed E-state index contributed by atoms with van der Waals surface area (Å²) in [6.07, 6.45) is -0.842. The standard InChI is InChI=1S/C27H26F4N6O/c1-26(10-11-33-16-26)37(3)23-9-7-19(27(29,30)31)13-22(23)36-24(38)20-12-17(6-8-21(20)28)4-5-18-14-34-25(32-2)35-15-18/h6-9,12-15,33H,10-11,16H2,1-3H3,(H,36,38)(H,32,34,35)/t26-/m1/s1. The summed E-state index contributed by atoms with van der Waals surface area (Å²) >= 11 is 0. The monoisotopic (exact) mass is 526 g/mol. The van der Waals surface area contributed by atoms with Crippen molar-refractivity contribution in [3.8, 4) is 11.8 Å². The number of alkyl halides is 3. The summed E-state index contributed by atoms with van der Waals surface area (Å²) in [5, 5.41) is 8.53. The van der Waals surface area contributed by atoms with Crippen LogP contribution in [-0.4, -0.2) is 48.6 Å². The molecule has 2 aromatic carbocycles. The first-order chi connectivity index (χ1) is 18.0. The second-order valence-electron chi connectivity index (χ2n) is 9.16. The third-order valence-corrected chi connectivity index (χ3v) is 6.53. The second kappa shape index (κ2) is 10.7. The Kier molecular flexibility index (Phi) is 7.55. The maximum Gasteiger partial charge on any atom is 0.416 e. The van der Waals surface area contributed by atoms with Crippen LogP contribution in [0.15, 0.2) is 48.8 Å². The first kappa shape index (κ1) is 26.9. The first-order valence-corrected chi connectivity index (χ1v) is 11.8. The third kappa shape index (κ3) is 5.86. The van der Waals surface area contributed by atoms with Gasteiger partial charge in [0.15, 0.2) is 0 Å². The van der Waals surface area contributed by atoms with E-state index >= 15 is 0 Å². The summed E-state index contributed by atoms with van der Waals surface area (Å²) in [5.74, 6) is 4.36. The molecule has 0 unspecified atom stereocenters. The Balaban J connectivity index is 1.65. The Labute approximate surface area is 217 Å². The van der Waals surface area contributed by atoms with Gasteiger partial charge >= 0.3 is 6.18 Å². The number of nitrogens with one attached hydrogen (secondary N) is 3. The number of carbonyl (C=O) groups is 1. The molecule has 1 amide bonds. The number of hydrogen-bond donors (Lipinski definition) is 3. The van der Waals surface area contributed by atoms with E-state index in [0.29, 0.717) is 29.3 Å². The molecule has 1 fully saturated rings. The van der Waals surface area contributed by atoms with E-state index in [4.69, 9.17) is 0 Å². The van der Waals surface area contributed by atoms with Gasteiger partial charge in [0.1, 0.15) is 5.82 Å². The molecular formula is C27H26F4N6O. The quantitative estimate of drug-likeness (QED) is 0.335. The fourth-order valence-electron chi connectivity index (χ4n) is 4.12. The minimum absolute atomic E-state index is 0.0712. The van der Waals surface area contributed by atoms with Gasteiger partial charge in [0.05, 0.1) is 33.6 Å². The van der Waals surface area contributed by atoms with E-state index in [0.717, 1.165) is 31.2 Å². The van der Waals surface area contributed by atoms with Crippen LogP contribution in [0.5, 0.6) is 0 Å². The van der Waals surface area contributed by atoms with Gasteiger partial charge in [0.25, 0.3) is 5.91 Å². The normalized spacial score (nSPS) is 16.9. The van der Waals surface area contributed by atoms with Gasteiger partial charge in [-0.2, -0.15) is 13.2 Å². The summed E-state index contributed by atoms with van der Waals surface area (Å²) < 4.78 is 55.2. The number of nitrogens with zero attached hydrogens (tertiary/aromatic N) is 3. The van der Waals surface area contributed by atoms with Crippen molar-refractivity contribution >= 4 is 23.2 Å². The van der Waals surface area contributed by atoms with Gasteiger partial charge in [-0.15, -0.1) is 0 Å². The number of rotatable bonds is 5. The number of carbonyl (C=O) groups excluding carboxylic acids is 1. The van der Waals surface area contributed by atoms with Crippen molar-refractivity contribution in [2.24, 2.45) is 0 Å². The molecule has 0 bridgehead atoms. The number of benzene rings is 2. The Hall–Kier alpha value is -4.17. The van der Waals surface area contributed by atoms with Crippen LogP contribution in [0.3, 0.4) is 0 Å². The molecule has 3 N–H and O–H groups in total. The molecule has 4 rings (SSSR count). The van der Waals surface area contributed by atoms with Gasteiger partial charge in [0.2, 0.25) is 5.95 Å². The van der Waals surface area contributed by atoms with E-state index in [1.165, 1.54) is 30.6 Å². The Morgan fingerprint density at radius 1 is 1.11 bits per heavy atom. The maximum absolute atomic E-state index is 14.7. The molecule has 7 nitrogen and oxygen atoms in total. The summed E-state index contributed by atoms with van der Waals surface area (Å²) in [5.41, 5.74) is -0.498. The highest BCUT2D eigenvalue weighted by atomic mass is 19.4. The average Bonchev–Trinajstić information content (AvgIpc) is 3.35. The summed E-state index contributed by atoms with van der Waals surface area (Å²) in [4.78, 5) is 23.1. The highest BCUT2D eigenvalue weighted by molar-refractivity contribution is 6.06. The number of hydrogen-bond acceptors (Lipinski definition) is 6. The van der Waals surface area contributed by atoms with Gasteiger partial charge in [-0.3, -0.25) is 4.79 Å². The van der Waals surface area contributed by atoms with Crippen LogP contribution in [0.1, 0.15) is 40.4 Å². The zero-order chi connectivity index (χ0) is 27.5. The first-order valence-electron chi connectivity index (χ1n) is 11.8. The fraction of sp³-hybridized carbons (Fsp3) is 0.296. The molecule has 1 aliphatic heterocycles. The number of anilines is 3. The van der Waals surface area contributed by atoms with Gasteiger partial charge in [-0.05, 0) is 56.3 Å². The molecule has 0 saturated carbocycles. The van der Waals surface area contributed by atoms with Crippen LogP contribution in [0.2, 0.25) is 0 Å². The molecule has 38 heavy (non-hydrogen) atoms. The van der Waals surface area contributed by atoms with Gasteiger partial charge < -0.3 is 20.9 Å². The Bertz CT molecular complexity index is 1390. The fourth-order valence-corrected chi connectivity index (χ4v) is 4.12. The highest BCUT2D eigenvalue weighted by Gasteiger charge is 2.36. The smallest absolute Gasteiger partial charge is 0.366 e. The van der Waals surface area contributed by atoms with Crippen LogP contribution in [-0.2, 0) is 6.18 Å². The van der Waals surface area contributed by atoms with Gasteiger partial charge in [-0.25, -0.2) is 14.4 Å². The van der Waals surface area contributed by atoms with Gasteiger partial charge in [0, 0.05) is 38.6 Å². The molecule has 3 aromatic rings. The van der Waals surface area contributed by atoms with Crippen LogP contribution in [0.25, 0.3) is 0 Å². The lowest BCUT2D eigenvalue weighted by Crippen LogP contribution is -2.46. The molecule has 1 aromatic heterocycles. The molecule has 198 valence electrons. The molecule has 0 spiro atoms. The van der Waals surface area contributed by atoms with Crippen molar-refractivity contribution in [3.05, 3.63) is 76.9 Å². The van der Waals surface area contributed by atoms with Gasteiger partial charge in [-0.1, -0.05) is 11.8 Å². The third-order valence-electron chi connectivity index (χ3n) is 6.53. The summed E-state index contributed by atoms with van der Waals surface area (Å²) in [6, 6.07) is 6.90. The molecule has 11 heteroatoms. The lowest BCUT2D eigenvalue weighted by molar-refractivity contribution is -0.137. The van der Waals surface area contributed by atoms with Crippen LogP contribution < -0.4 is 20.9 Å². The van der Waals surface area contributed by atoms with E-state index in [1.807, 2.05) is 11.8 Å². The summed E-state index contributed by atoms with van der Waals surface area (Å²) in [6.45, 7) is 3.36. The molecule has 1 atom stereocenters. The molecule has 0 aliphatic carbocycles. The van der Waals surface area contributed by atoms with E-state index < -0.39 is 23.5 Å². The molecule has 1 aliphatic rings. The van der Waals surface area contributed by atoms with Crippen molar-refractivity contribution in [1.29, 1.82) is 0 Å². The summed E-state index contributed by atoms with van der Waals surface area (Å²) in [7, 11) is 3.44. The minimum atomic E-state index is -4.62.